The molecule has 1 unspecified atom stereocenters. The van der Waals surface area contributed by atoms with Gasteiger partial charge in [0.05, 0.1) is 0 Å². The summed E-state index contributed by atoms with van der Waals surface area (Å²) in [6.07, 6.45) is 4.62. The first kappa shape index (κ1) is 12.3. The predicted molar refractivity (Wildman–Crippen MR) is 61.8 cm³/mol. The average molecular weight is 241 g/mol. The highest BCUT2D eigenvalue weighted by atomic mass is 19.1. The quantitative estimate of drug-likeness (QED) is 0.879. The smallest absolute Gasteiger partial charge is 0.165 e. The lowest BCUT2D eigenvalue weighted by Crippen LogP contribution is -2.34. The van der Waals surface area contributed by atoms with Gasteiger partial charge < -0.3 is 10.5 Å². The zero-order chi connectivity index (χ0) is 12.3. The van der Waals surface area contributed by atoms with Crippen molar-refractivity contribution in [1.29, 1.82) is 0 Å². The number of ether oxygens (including phenoxy) is 1. The summed E-state index contributed by atoms with van der Waals surface area (Å²) in [5.74, 6) is -0.661. The molecular formula is C13H17F2NO. The van der Waals surface area contributed by atoms with E-state index in [1.165, 1.54) is 12.8 Å². The van der Waals surface area contributed by atoms with E-state index in [0.29, 0.717) is 5.92 Å². The molecule has 2 nitrogen and oxygen atoms in total. The lowest BCUT2D eigenvalue weighted by Gasteiger charge is -2.19. The van der Waals surface area contributed by atoms with Crippen molar-refractivity contribution in [1.82, 2.24) is 0 Å². The van der Waals surface area contributed by atoms with E-state index in [1.807, 2.05) is 0 Å². The summed E-state index contributed by atoms with van der Waals surface area (Å²) in [6.45, 7) is 0.241. The first-order valence-corrected chi connectivity index (χ1v) is 6.00. The van der Waals surface area contributed by atoms with Crippen LogP contribution in [0.4, 0.5) is 8.78 Å². The summed E-state index contributed by atoms with van der Waals surface area (Å²) >= 11 is 0. The van der Waals surface area contributed by atoms with Crippen molar-refractivity contribution in [2.24, 2.45) is 11.7 Å². The third-order valence-electron chi connectivity index (χ3n) is 3.33. The molecule has 2 N–H and O–H groups in total. The van der Waals surface area contributed by atoms with Gasteiger partial charge in [0.1, 0.15) is 12.4 Å². The zero-order valence-electron chi connectivity index (χ0n) is 9.66. The van der Waals surface area contributed by atoms with Crippen LogP contribution in [0.1, 0.15) is 25.7 Å². The Morgan fingerprint density at radius 3 is 2.71 bits per heavy atom. The van der Waals surface area contributed by atoms with Gasteiger partial charge in [-0.25, -0.2) is 8.78 Å². The molecule has 1 aromatic carbocycles. The molecule has 0 heterocycles. The minimum Gasteiger partial charge on any atom is -0.489 e. The maximum absolute atomic E-state index is 13.3. The van der Waals surface area contributed by atoms with Crippen molar-refractivity contribution >= 4 is 0 Å². The van der Waals surface area contributed by atoms with Gasteiger partial charge in [-0.1, -0.05) is 12.8 Å². The van der Waals surface area contributed by atoms with Gasteiger partial charge in [0.15, 0.2) is 11.6 Å². The van der Waals surface area contributed by atoms with Gasteiger partial charge >= 0.3 is 0 Å². The minimum atomic E-state index is -0.551. The van der Waals surface area contributed by atoms with Crippen LogP contribution in [0.25, 0.3) is 0 Å². The topological polar surface area (TPSA) is 35.2 Å². The van der Waals surface area contributed by atoms with Crippen molar-refractivity contribution in [3.05, 3.63) is 29.8 Å². The average Bonchev–Trinajstić information content (AvgIpc) is 2.83. The molecule has 0 bridgehead atoms. The van der Waals surface area contributed by atoms with E-state index in [4.69, 9.17) is 10.5 Å². The van der Waals surface area contributed by atoms with Crippen LogP contribution in [0.3, 0.4) is 0 Å². The number of nitrogens with two attached hydrogens (primary N) is 1. The predicted octanol–water partition coefficient (Wildman–Crippen LogP) is 2.86. The third kappa shape index (κ3) is 3.16. The second-order valence-corrected chi connectivity index (χ2v) is 4.59. The number of rotatable bonds is 4. The molecule has 0 spiro atoms. The summed E-state index contributed by atoms with van der Waals surface area (Å²) in [6, 6.07) is 3.09. The van der Waals surface area contributed by atoms with Gasteiger partial charge in [-0.05, 0) is 30.9 Å². The Morgan fingerprint density at radius 1 is 1.29 bits per heavy atom. The standard InChI is InChI=1S/C13H17F2NO/c14-10-5-6-11(15)13(7-10)17-8-12(16)9-3-1-2-4-9/h5-7,9,12H,1-4,8,16H2. The van der Waals surface area contributed by atoms with Crippen molar-refractivity contribution in [3.8, 4) is 5.75 Å². The van der Waals surface area contributed by atoms with Crippen LogP contribution >= 0.6 is 0 Å². The molecule has 1 saturated carbocycles. The summed E-state index contributed by atoms with van der Waals surface area (Å²) in [5.41, 5.74) is 5.97. The molecule has 0 saturated heterocycles. The molecule has 0 aromatic heterocycles. The highest BCUT2D eigenvalue weighted by Crippen LogP contribution is 2.27. The first-order valence-electron chi connectivity index (χ1n) is 6.00. The van der Waals surface area contributed by atoms with E-state index in [-0.39, 0.29) is 18.4 Å². The molecule has 1 fully saturated rings. The fourth-order valence-electron chi connectivity index (χ4n) is 2.30. The van der Waals surface area contributed by atoms with Gasteiger partial charge in [-0.15, -0.1) is 0 Å². The molecule has 4 heteroatoms. The number of hydrogen-bond acceptors (Lipinski definition) is 2. The summed E-state index contributed by atoms with van der Waals surface area (Å²) in [5, 5.41) is 0. The number of hydrogen-bond donors (Lipinski definition) is 1. The van der Waals surface area contributed by atoms with E-state index < -0.39 is 11.6 Å². The Bertz CT molecular complexity index is 378. The molecular weight excluding hydrogens is 224 g/mol. The molecule has 0 aliphatic heterocycles. The molecule has 0 radical (unpaired) electrons. The van der Waals surface area contributed by atoms with E-state index in [2.05, 4.69) is 0 Å². The van der Waals surface area contributed by atoms with Crippen LogP contribution in [0.2, 0.25) is 0 Å². The molecule has 0 amide bonds. The van der Waals surface area contributed by atoms with Crippen molar-refractivity contribution in [3.63, 3.8) is 0 Å². The van der Waals surface area contributed by atoms with Gasteiger partial charge in [-0.2, -0.15) is 0 Å². The Hall–Kier alpha value is -1.16. The molecule has 1 aromatic rings. The van der Waals surface area contributed by atoms with Crippen LogP contribution in [0, 0.1) is 17.6 Å². The monoisotopic (exact) mass is 241 g/mol. The molecule has 1 aliphatic carbocycles. The largest absolute Gasteiger partial charge is 0.489 e. The summed E-state index contributed by atoms with van der Waals surface area (Å²) in [7, 11) is 0. The summed E-state index contributed by atoms with van der Waals surface area (Å²) in [4.78, 5) is 0. The Morgan fingerprint density at radius 2 is 2.00 bits per heavy atom. The van der Waals surface area contributed by atoms with Crippen LogP contribution in [0.15, 0.2) is 18.2 Å². The Labute approximate surface area is 99.8 Å². The molecule has 2 rings (SSSR count). The van der Waals surface area contributed by atoms with Gasteiger partial charge in [0.2, 0.25) is 0 Å². The van der Waals surface area contributed by atoms with Crippen LogP contribution < -0.4 is 10.5 Å². The first-order chi connectivity index (χ1) is 8.16. The third-order valence-corrected chi connectivity index (χ3v) is 3.33. The van der Waals surface area contributed by atoms with Gasteiger partial charge in [0, 0.05) is 12.1 Å². The second kappa shape index (κ2) is 5.45. The van der Waals surface area contributed by atoms with Crippen LogP contribution in [-0.4, -0.2) is 12.6 Å². The molecule has 94 valence electrons. The highest BCUT2D eigenvalue weighted by molar-refractivity contribution is 5.24. The van der Waals surface area contributed by atoms with Gasteiger partial charge in [-0.3, -0.25) is 0 Å². The maximum Gasteiger partial charge on any atom is 0.165 e. The Balaban J connectivity index is 1.90. The van der Waals surface area contributed by atoms with Crippen molar-refractivity contribution < 1.29 is 13.5 Å². The number of benzene rings is 1. The van der Waals surface area contributed by atoms with E-state index >= 15 is 0 Å². The van der Waals surface area contributed by atoms with Gasteiger partial charge in [0.25, 0.3) is 0 Å². The van der Waals surface area contributed by atoms with E-state index in [9.17, 15) is 8.78 Å². The lowest BCUT2D eigenvalue weighted by molar-refractivity contribution is 0.237. The minimum absolute atomic E-state index is 0.0570. The molecule has 17 heavy (non-hydrogen) atoms. The highest BCUT2D eigenvalue weighted by Gasteiger charge is 2.22. The fraction of sp³-hybridized carbons (Fsp3) is 0.538. The van der Waals surface area contributed by atoms with Crippen molar-refractivity contribution in [2.45, 2.75) is 31.7 Å². The normalized spacial score (nSPS) is 18.3. The Kier molecular flexibility index (Phi) is 3.94. The lowest BCUT2D eigenvalue weighted by atomic mass is 10.00. The molecule has 1 aliphatic rings. The van der Waals surface area contributed by atoms with E-state index in [1.54, 1.807) is 0 Å². The summed E-state index contributed by atoms with van der Waals surface area (Å²) < 4.78 is 31.4. The number of halogens is 2. The van der Waals surface area contributed by atoms with Crippen LogP contribution in [0.5, 0.6) is 5.75 Å². The SMILES string of the molecule is NC(COc1cc(F)ccc1F)C1CCCC1. The van der Waals surface area contributed by atoms with Crippen LogP contribution in [-0.2, 0) is 0 Å². The molecule has 1 atom stereocenters. The maximum atomic E-state index is 13.3. The van der Waals surface area contributed by atoms with Crippen molar-refractivity contribution in [2.75, 3.05) is 6.61 Å². The fourth-order valence-corrected chi connectivity index (χ4v) is 2.30. The second-order valence-electron chi connectivity index (χ2n) is 4.59. The zero-order valence-corrected chi connectivity index (χ0v) is 9.66. The van der Waals surface area contributed by atoms with E-state index in [0.717, 1.165) is 31.0 Å².